The molecule has 1 N–H and O–H groups in total. The molecule has 0 spiro atoms. The Morgan fingerprint density at radius 3 is 1.81 bits per heavy atom. The van der Waals surface area contributed by atoms with Gasteiger partial charge in [-0.15, -0.1) is 0 Å². The summed E-state index contributed by atoms with van der Waals surface area (Å²) < 4.78 is 75.5. The van der Waals surface area contributed by atoms with Crippen LogP contribution in [0.5, 0.6) is 0 Å². The minimum absolute atomic E-state index is 0. The quantitative estimate of drug-likeness (QED) is 0.153. The van der Waals surface area contributed by atoms with Crippen molar-refractivity contribution in [2.24, 2.45) is 11.8 Å². The summed E-state index contributed by atoms with van der Waals surface area (Å²) in [5, 5.41) is -0.723. The molecule has 0 aliphatic heterocycles. The van der Waals surface area contributed by atoms with Gasteiger partial charge in [0.1, 0.15) is 15.0 Å². The summed E-state index contributed by atoms with van der Waals surface area (Å²) in [5.41, 5.74) is 0. The third-order valence-corrected chi connectivity index (χ3v) is 8.99. The zero-order chi connectivity index (χ0) is 31.8. The molecule has 10 nitrogen and oxygen atoms in total. The number of benzene rings is 2. The molecular weight excluding hydrogens is 607 g/mol. The largest absolute Gasteiger partial charge is 1.00 e. The van der Waals surface area contributed by atoms with E-state index in [0.29, 0.717) is 5.39 Å². The molecule has 0 amide bonds. The molecular formula is C30H45NaO10S2. The molecule has 3 unspecified atom stereocenters. The van der Waals surface area contributed by atoms with Gasteiger partial charge in [0.2, 0.25) is 0 Å². The van der Waals surface area contributed by atoms with Gasteiger partial charge >= 0.3 is 41.5 Å². The maximum atomic E-state index is 12.1. The topological polar surface area (TPSA) is 164 Å². The van der Waals surface area contributed by atoms with Gasteiger partial charge < -0.3 is 14.0 Å². The summed E-state index contributed by atoms with van der Waals surface area (Å²) in [6.45, 7) is 8.26. The molecule has 2 aromatic carbocycles. The second-order valence-corrected chi connectivity index (χ2v) is 13.2. The van der Waals surface area contributed by atoms with Crippen LogP contribution in [0.1, 0.15) is 85.5 Å². The summed E-state index contributed by atoms with van der Waals surface area (Å²) >= 11 is 0. The first-order valence-electron chi connectivity index (χ1n) is 14.5. The van der Waals surface area contributed by atoms with Crippen molar-refractivity contribution in [1.29, 1.82) is 0 Å². The van der Waals surface area contributed by atoms with E-state index < -0.39 is 43.8 Å². The Labute approximate surface area is 279 Å². The molecule has 3 atom stereocenters. The first-order chi connectivity index (χ1) is 19.8. The van der Waals surface area contributed by atoms with E-state index in [0.717, 1.165) is 56.8 Å². The number of carbonyl (C=O) groups is 2. The Bertz CT molecular complexity index is 1320. The molecule has 0 saturated heterocycles. The van der Waals surface area contributed by atoms with Crippen LogP contribution in [0.25, 0.3) is 10.8 Å². The van der Waals surface area contributed by atoms with E-state index in [-0.39, 0.29) is 59.5 Å². The van der Waals surface area contributed by atoms with E-state index in [9.17, 15) is 31.0 Å². The maximum absolute atomic E-state index is 12.1. The fourth-order valence-electron chi connectivity index (χ4n) is 4.23. The smallest absolute Gasteiger partial charge is 0.747 e. The number of esters is 2. The molecule has 2 rings (SSSR count). The van der Waals surface area contributed by atoms with E-state index in [1.807, 2.05) is 19.9 Å². The van der Waals surface area contributed by atoms with Gasteiger partial charge in [0.05, 0.1) is 19.6 Å². The molecule has 0 fully saturated rings. The van der Waals surface area contributed by atoms with Gasteiger partial charge in [-0.3, -0.25) is 14.1 Å². The fourth-order valence-corrected chi connectivity index (χ4v) is 5.59. The van der Waals surface area contributed by atoms with Crippen molar-refractivity contribution < 1.29 is 74.6 Å². The van der Waals surface area contributed by atoms with Crippen molar-refractivity contribution in [3.05, 3.63) is 42.5 Å². The molecule has 0 aliphatic rings. The molecule has 13 heteroatoms. The maximum Gasteiger partial charge on any atom is 1.00 e. The molecule has 43 heavy (non-hydrogen) atoms. The van der Waals surface area contributed by atoms with Gasteiger partial charge in [0.25, 0.3) is 10.1 Å². The van der Waals surface area contributed by atoms with E-state index in [2.05, 4.69) is 13.8 Å². The van der Waals surface area contributed by atoms with E-state index in [1.54, 1.807) is 30.3 Å². The number of carbonyl (C=O) groups excluding carboxylic acids is 2. The van der Waals surface area contributed by atoms with Crippen LogP contribution in [-0.4, -0.2) is 56.3 Å². The number of fused-ring (bicyclic) bond motifs is 1. The first-order valence-corrected chi connectivity index (χ1v) is 17.4. The van der Waals surface area contributed by atoms with Gasteiger partial charge in [-0.05, 0) is 36.1 Å². The van der Waals surface area contributed by atoms with Crippen molar-refractivity contribution in [3.63, 3.8) is 0 Å². The number of hydrogen-bond acceptors (Lipinski definition) is 9. The molecule has 0 aromatic heterocycles. The van der Waals surface area contributed by atoms with Crippen LogP contribution in [0.3, 0.4) is 0 Å². The Morgan fingerprint density at radius 1 is 0.814 bits per heavy atom. The third-order valence-electron chi connectivity index (χ3n) is 7.02. The average Bonchev–Trinajstić information content (AvgIpc) is 2.95. The second-order valence-electron chi connectivity index (χ2n) is 10.3. The molecule has 0 bridgehead atoms. The van der Waals surface area contributed by atoms with Gasteiger partial charge in [-0.25, -0.2) is 8.42 Å². The van der Waals surface area contributed by atoms with E-state index in [1.165, 1.54) is 6.07 Å². The molecule has 0 aliphatic carbocycles. The molecule has 238 valence electrons. The van der Waals surface area contributed by atoms with Crippen LogP contribution in [0.2, 0.25) is 0 Å². The minimum atomic E-state index is -5.01. The van der Waals surface area contributed by atoms with E-state index >= 15 is 0 Å². The summed E-state index contributed by atoms with van der Waals surface area (Å²) in [6, 6.07) is 11.8. The SMILES string of the molecule is CCCCC(CC)COC(=O)CC(C(=O)OCC(CC)CCCC)S(=O)(=O)[O-].O=S(=O)(O)c1cccc2ccccc12.[Na+]. The zero-order valence-corrected chi connectivity index (χ0v) is 29.6. The number of hydrogen-bond donors (Lipinski definition) is 1. The van der Waals surface area contributed by atoms with Gasteiger partial charge in [-0.1, -0.05) is 103 Å². The number of unbranched alkanes of at least 4 members (excludes halogenated alkanes) is 2. The van der Waals surface area contributed by atoms with Crippen LogP contribution < -0.4 is 29.6 Å². The predicted octanol–water partition coefficient (Wildman–Crippen LogP) is 2.90. The van der Waals surface area contributed by atoms with Crippen molar-refractivity contribution in [3.8, 4) is 0 Å². The molecule has 0 radical (unpaired) electrons. The van der Waals surface area contributed by atoms with Crippen molar-refractivity contribution >= 4 is 42.9 Å². The van der Waals surface area contributed by atoms with Crippen LogP contribution in [0.4, 0.5) is 0 Å². The van der Waals surface area contributed by atoms with Crippen molar-refractivity contribution in [2.45, 2.75) is 95.6 Å². The fraction of sp³-hybridized carbons (Fsp3) is 0.600. The summed E-state index contributed by atoms with van der Waals surface area (Å²) in [6.07, 6.45) is 6.58. The number of ether oxygens (including phenoxy) is 2. The van der Waals surface area contributed by atoms with E-state index in [4.69, 9.17) is 14.0 Å². The normalized spacial score (nSPS) is 13.5. The third kappa shape index (κ3) is 15.8. The van der Waals surface area contributed by atoms with Gasteiger partial charge in [-0.2, -0.15) is 8.42 Å². The van der Waals surface area contributed by atoms with Crippen LogP contribution in [0, 0.1) is 11.8 Å². The average molecular weight is 653 g/mol. The Hall–Kier alpha value is -1.54. The standard InChI is InChI=1S/C20H38O7S.C10H8O3S.Na/c1-5-9-11-16(7-3)14-26-19(21)13-18(28(23,24)25)20(22)27-15-17(8-4)12-10-6-2;11-14(12,13)10-7-3-5-8-4-1-2-6-9(8)10;/h16-18H,5-15H2,1-4H3,(H,23,24,25);1-7H,(H,11,12,13);/q;;+1/p-1. The van der Waals surface area contributed by atoms with Crippen LogP contribution in [0.15, 0.2) is 47.4 Å². The van der Waals surface area contributed by atoms with Crippen molar-refractivity contribution in [1.82, 2.24) is 0 Å². The zero-order valence-electron chi connectivity index (χ0n) is 26.0. The summed E-state index contributed by atoms with van der Waals surface area (Å²) in [4.78, 5) is 24.1. The van der Waals surface area contributed by atoms with Crippen molar-refractivity contribution in [2.75, 3.05) is 13.2 Å². The Morgan fingerprint density at radius 2 is 1.33 bits per heavy atom. The summed E-state index contributed by atoms with van der Waals surface area (Å²) in [5.74, 6) is -1.74. The second kappa shape index (κ2) is 21.2. The minimum Gasteiger partial charge on any atom is -0.747 e. The molecule has 2 aromatic rings. The Balaban J connectivity index is 0.000000973. The first kappa shape index (κ1) is 41.5. The van der Waals surface area contributed by atoms with Gasteiger partial charge in [0, 0.05) is 5.39 Å². The van der Waals surface area contributed by atoms with Crippen LogP contribution in [-0.2, 0) is 39.3 Å². The molecule has 0 heterocycles. The molecule has 0 saturated carbocycles. The monoisotopic (exact) mass is 652 g/mol. The number of rotatable bonds is 17. The van der Waals surface area contributed by atoms with Crippen LogP contribution >= 0.6 is 0 Å². The predicted molar refractivity (Wildman–Crippen MR) is 160 cm³/mol. The van der Waals surface area contributed by atoms with Gasteiger partial charge in [0.15, 0.2) is 5.25 Å². The summed E-state index contributed by atoms with van der Waals surface area (Å²) in [7, 11) is -9.14. The Kier molecular flexibility index (Phi) is 20.5.